The van der Waals surface area contributed by atoms with E-state index in [9.17, 15) is 4.79 Å². The van der Waals surface area contributed by atoms with Crippen molar-refractivity contribution in [2.45, 2.75) is 33.6 Å². The molecule has 1 saturated heterocycles. The number of nitrogens with zero attached hydrogens (tertiary/aromatic N) is 2. The Hall–Kier alpha value is -0.940. The predicted octanol–water partition coefficient (Wildman–Crippen LogP) is 2.33. The molecule has 4 nitrogen and oxygen atoms in total. The maximum Gasteiger partial charge on any atom is 0.265 e. The van der Waals surface area contributed by atoms with Crippen LogP contribution in [0.5, 0.6) is 0 Å². The zero-order valence-corrected chi connectivity index (χ0v) is 13.7. The van der Waals surface area contributed by atoms with Crippen molar-refractivity contribution in [3.63, 3.8) is 0 Å². The molecule has 0 bridgehead atoms. The number of carbonyl (C=O) groups excluding carboxylic acids is 1. The quantitative estimate of drug-likeness (QED) is 0.907. The van der Waals surface area contributed by atoms with E-state index in [-0.39, 0.29) is 5.91 Å². The van der Waals surface area contributed by atoms with Crippen molar-refractivity contribution in [1.29, 1.82) is 0 Å². The Labute approximate surface area is 125 Å². The molecule has 1 amide bonds. The van der Waals surface area contributed by atoms with Crippen LogP contribution in [-0.2, 0) is 6.42 Å². The van der Waals surface area contributed by atoms with E-state index in [0.29, 0.717) is 11.8 Å². The lowest BCUT2D eigenvalue weighted by molar-refractivity contribution is 0.0790. The first-order valence-electron chi connectivity index (χ1n) is 7.41. The second-order valence-corrected chi connectivity index (χ2v) is 7.27. The molecule has 0 radical (unpaired) electrons. The highest BCUT2D eigenvalue weighted by Gasteiger charge is 2.29. The molecule has 2 heterocycles. The SMILES string of the molecule is CNC[C@H]1CCN(C(=O)c2sc(C)nc2CC(C)C)C1. The fraction of sp³-hybridized carbons (Fsp3) is 0.733. The van der Waals surface area contributed by atoms with Gasteiger partial charge in [-0.25, -0.2) is 4.98 Å². The summed E-state index contributed by atoms with van der Waals surface area (Å²) in [6.07, 6.45) is 1.99. The molecule has 1 aliphatic heterocycles. The summed E-state index contributed by atoms with van der Waals surface area (Å²) in [6, 6.07) is 0. The first kappa shape index (κ1) is 15.4. The van der Waals surface area contributed by atoms with Crippen LogP contribution in [0.3, 0.4) is 0 Å². The molecule has 0 unspecified atom stereocenters. The Bertz CT molecular complexity index is 470. The molecule has 1 aromatic rings. The maximum absolute atomic E-state index is 12.7. The van der Waals surface area contributed by atoms with Crippen LogP contribution >= 0.6 is 11.3 Å². The average Bonchev–Trinajstić information content (AvgIpc) is 2.95. The van der Waals surface area contributed by atoms with Crippen LogP contribution in [0.25, 0.3) is 0 Å². The van der Waals surface area contributed by atoms with Gasteiger partial charge in [0.15, 0.2) is 0 Å². The molecular formula is C15H25N3OS. The summed E-state index contributed by atoms with van der Waals surface area (Å²) in [6.45, 7) is 9.06. The molecular weight excluding hydrogens is 270 g/mol. The molecule has 112 valence electrons. The van der Waals surface area contributed by atoms with Gasteiger partial charge in [0.2, 0.25) is 0 Å². The molecule has 0 spiro atoms. The van der Waals surface area contributed by atoms with Gasteiger partial charge in [0.1, 0.15) is 4.88 Å². The number of hydrogen-bond donors (Lipinski definition) is 1. The summed E-state index contributed by atoms with van der Waals surface area (Å²) in [7, 11) is 1.97. The van der Waals surface area contributed by atoms with E-state index in [0.717, 1.165) is 48.1 Å². The zero-order chi connectivity index (χ0) is 14.7. The number of aromatic nitrogens is 1. The third kappa shape index (κ3) is 3.58. The van der Waals surface area contributed by atoms with Crippen LogP contribution in [0.15, 0.2) is 0 Å². The molecule has 2 rings (SSSR count). The van der Waals surface area contributed by atoms with Crippen molar-refractivity contribution in [3.05, 3.63) is 15.6 Å². The predicted molar refractivity (Wildman–Crippen MR) is 83.3 cm³/mol. The highest BCUT2D eigenvalue weighted by Crippen LogP contribution is 2.25. The summed E-state index contributed by atoms with van der Waals surface area (Å²) in [5.41, 5.74) is 0.990. The van der Waals surface area contributed by atoms with E-state index in [4.69, 9.17) is 0 Å². The second-order valence-electron chi connectivity index (χ2n) is 6.07. The van der Waals surface area contributed by atoms with Crippen LogP contribution in [0, 0.1) is 18.8 Å². The molecule has 5 heteroatoms. The van der Waals surface area contributed by atoms with Crippen molar-refractivity contribution in [2.24, 2.45) is 11.8 Å². The fourth-order valence-corrected chi connectivity index (χ4v) is 3.69. The maximum atomic E-state index is 12.7. The van der Waals surface area contributed by atoms with Gasteiger partial charge in [-0.1, -0.05) is 13.8 Å². The minimum absolute atomic E-state index is 0.185. The Kier molecular flexibility index (Phi) is 5.16. The van der Waals surface area contributed by atoms with Gasteiger partial charge >= 0.3 is 0 Å². The van der Waals surface area contributed by atoms with Crippen molar-refractivity contribution in [1.82, 2.24) is 15.2 Å². The van der Waals surface area contributed by atoms with E-state index in [1.165, 1.54) is 0 Å². The smallest absolute Gasteiger partial charge is 0.265 e. The molecule has 0 aliphatic carbocycles. The number of carbonyl (C=O) groups is 1. The summed E-state index contributed by atoms with van der Waals surface area (Å²) < 4.78 is 0. The third-order valence-corrected chi connectivity index (χ3v) is 4.67. The molecule has 20 heavy (non-hydrogen) atoms. The lowest BCUT2D eigenvalue weighted by atomic mass is 10.1. The van der Waals surface area contributed by atoms with Gasteiger partial charge in [-0.15, -0.1) is 11.3 Å². The van der Waals surface area contributed by atoms with Crippen LogP contribution in [-0.4, -0.2) is 42.5 Å². The van der Waals surface area contributed by atoms with E-state index >= 15 is 0 Å². The Morgan fingerprint density at radius 3 is 2.95 bits per heavy atom. The number of nitrogens with one attached hydrogen (secondary N) is 1. The fourth-order valence-electron chi connectivity index (χ4n) is 2.78. The first-order valence-corrected chi connectivity index (χ1v) is 8.23. The van der Waals surface area contributed by atoms with Gasteiger partial charge in [-0.3, -0.25) is 4.79 Å². The zero-order valence-electron chi connectivity index (χ0n) is 12.9. The first-order chi connectivity index (χ1) is 9.51. The lowest BCUT2D eigenvalue weighted by Crippen LogP contribution is -2.30. The Balaban J connectivity index is 2.09. The minimum atomic E-state index is 0.185. The highest BCUT2D eigenvalue weighted by atomic mass is 32.1. The number of rotatable bonds is 5. The van der Waals surface area contributed by atoms with Gasteiger partial charge < -0.3 is 10.2 Å². The van der Waals surface area contributed by atoms with Gasteiger partial charge in [0.05, 0.1) is 10.7 Å². The largest absolute Gasteiger partial charge is 0.338 e. The van der Waals surface area contributed by atoms with Gasteiger partial charge in [-0.2, -0.15) is 0 Å². The van der Waals surface area contributed by atoms with Crippen LogP contribution in [0.2, 0.25) is 0 Å². The van der Waals surface area contributed by atoms with Gasteiger partial charge in [0, 0.05) is 13.1 Å². The topological polar surface area (TPSA) is 45.2 Å². The van der Waals surface area contributed by atoms with Gasteiger partial charge in [-0.05, 0) is 45.2 Å². The van der Waals surface area contributed by atoms with Crippen molar-refractivity contribution < 1.29 is 4.79 Å². The van der Waals surface area contributed by atoms with E-state index in [1.54, 1.807) is 11.3 Å². The van der Waals surface area contributed by atoms with Crippen LogP contribution < -0.4 is 5.32 Å². The van der Waals surface area contributed by atoms with E-state index < -0.39 is 0 Å². The van der Waals surface area contributed by atoms with E-state index in [2.05, 4.69) is 24.1 Å². The summed E-state index contributed by atoms with van der Waals surface area (Å²) in [5, 5.41) is 4.20. The van der Waals surface area contributed by atoms with Crippen molar-refractivity contribution in [2.75, 3.05) is 26.7 Å². The molecule has 1 aliphatic rings. The number of aryl methyl sites for hydroxylation is 1. The summed E-state index contributed by atoms with van der Waals surface area (Å²) >= 11 is 1.55. The van der Waals surface area contributed by atoms with Gasteiger partial charge in [0.25, 0.3) is 5.91 Å². The monoisotopic (exact) mass is 295 g/mol. The molecule has 1 atom stereocenters. The molecule has 1 aromatic heterocycles. The second kappa shape index (κ2) is 6.68. The normalized spacial score (nSPS) is 19.1. The summed E-state index contributed by atoms with van der Waals surface area (Å²) in [5.74, 6) is 1.30. The lowest BCUT2D eigenvalue weighted by Gasteiger charge is -2.16. The molecule has 1 fully saturated rings. The highest BCUT2D eigenvalue weighted by molar-refractivity contribution is 7.13. The average molecular weight is 295 g/mol. The van der Waals surface area contributed by atoms with Crippen LogP contribution in [0.1, 0.15) is 40.6 Å². The van der Waals surface area contributed by atoms with Crippen molar-refractivity contribution >= 4 is 17.2 Å². The molecule has 0 aromatic carbocycles. The third-order valence-electron chi connectivity index (χ3n) is 3.67. The summed E-state index contributed by atoms with van der Waals surface area (Å²) in [4.78, 5) is 20.1. The minimum Gasteiger partial charge on any atom is -0.338 e. The van der Waals surface area contributed by atoms with Crippen LogP contribution in [0.4, 0.5) is 0 Å². The Morgan fingerprint density at radius 2 is 2.30 bits per heavy atom. The standard InChI is InChI=1S/C15H25N3OS/c1-10(2)7-13-14(20-11(3)17-13)15(19)18-6-5-12(9-18)8-16-4/h10,12,16H,5-9H2,1-4H3/t12-/m1/s1. The number of hydrogen-bond acceptors (Lipinski definition) is 4. The number of amides is 1. The van der Waals surface area contributed by atoms with E-state index in [1.807, 2.05) is 18.9 Å². The number of thiazole rings is 1. The Morgan fingerprint density at radius 1 is 1.55 bits per heavy atom. The van der Waals surface area contributed by atoms with Crippen molar-refractivity contribution in [3.8, 4) is 0 Å². The molecule has 0 saturated carbocycles. The number of likely N-dealkylation sites (tertiary alicyclic amines) is 1. The molecule has 1 N–H and O–H groups in total.